The van der Waals surface area contributed by atoms with Gasteiger partial charge >= 0.3 is 5.97 Å². The number of likely N-dealkylation sites (tertiary alicyclic amines) is 1. The zero-order valence-corrected chi connectivity index (χ0v) is 14.3. The molecule has 0 unspecified atom stereocenters. The Labute approximate surface area is 149 Å². The first-order valence-corrected chi connectivity index (χ1v) is 8.46. The normalized spacial score (nSPS) is 17.5. The van der Waals surface area contributed by atoms with E-state index in [1.807, 2.05) is 0 Å². The molecule has 0 aliphatic carbocycles. The van der Waals surface area contributed by atoms with Gasteiger partial charge in [-0.25, -0.2) is 4.68 Å². The van der Waals surface area contributed by atoms with E-state index in [9.17, 15) is 9.59 Å². The summed E-state index contributed by atoms with van der Waals surface area (Å²) >= 11 is 6.29. The fourth-order valence-corrected chi connectivity index (χ4v) is 3.34. The van der Waals surface area contributed by atoms with Crippen LogP contribution in [0.1, 0.15) is 36.0 Å². The number of carbonyl (C=O) groups excluding carboxylic acids is 1. The van der Waals surface area contributed by atoms with E-state index >= 15 is 0 Å². The van der Waals surface area contributed by atoms with Crippen molar-refractivity contribution < 1.29 is 14.7 Å². The number of aliphatic carboxylic acids is 1. The molecule has 132 valence electrons. The Bertz CT molecular complexity index is 765. The van der Waals surface area contributed by atoms with Gasteiger partial charge in [-0.2, -0.15) is 0 Å². The molecule has 3 rings (SSSR count). The molecular weight excluding hydrogens is 346 g/mol. The van der Waals surface area contributed by atoms with Crippen molar-refractivity contribution in [1.82, 2.24) is 25.1 Å². The van der Waals surface area contributed by atoms with Crippen molar-refractivity contribution in [3.05, 3.63) is 35.1 Å². The van der Waals surface area contributed by atoms with Crippen LogP contribution in [0.3, 0.4) is 0 Å². The van der Waals surface area contributed by atoms with E-state index in [1.54, 1.807) is 23.1 Å². The molecule has 25 heavy (non-hydrogen) atoms. The molecule has 1 atom stereocenters. The van der Waals surface area contributed by atoms with E-state index in [4.69, 9.17) is 16.7 Å². The SMILES string of the molecule is O=C(O)CC[C@@H]1CCCN(C(=O)c2ccc(-n3cnnn3)cc2Cl)C1. The summed E-state index contributed by atoms with van der Waals surface area (Å²) in [6, 6.07) is 5.06. The minimum Gasteiger partial charge on any atom is -0.481 e. The number of benzene rings is 1. The lowest BCUT2D eigenvalue weighted by atomic mass is 9.93. The fraction of sp³-hybridized carbons (Fsp3) is 0.438. The molecule has 2 heterocycles. The van der Waals surface area contributed by atoms with E-state index in [1.165, 1.54) is 11.0 Å². The van der Waals surface area contributed by atoms with Crippen LogP contribution in [0, 0.1) is 5.92 Å². The summed E-state index contributed by atoms with van der Waals surface area (Å²) < 4.78 is 1.46. The van der Waals surface area contributed by atoms with E-state index in [0.29, 0.717) is 35.8 Å². The summed E-state index contributed by atoms with van der Waals surface area (Å²) in [5.74, 6) is -0.717. The van der Waals surface area contributed by atoms with Gasteiger partial charge in [-0.3, -0.25) is 9.59 Å². The van der Waals surface area contributed by atoms with Crippen molar-refractivity contribution in [2.24, 2.45) is 5.92 Å². The summed E-state index contributed by atoms with van der Waals surface area (Å²) in [7, 11) is 0. The first-order valence-electron chi connectivity index (χ1n) is 8.08. The van der Waals surface area contributed by atoms with Gasteiger partial charge in [-0.05, 0) is 53.8 Å². The number of carboxylic acid groups (broad SMARTS) is 1. The number of tetrazole rings is 1. The van der Waals surface area contributed by atoms with Crippen molar-refractivity contribution in [1.29, 1.82) is 0 Å². The van der Waals surface area contributed by atoms with Crippen LogP contribution in [0.5, 0.6) is 0 Å². The Hall–Kier alpha value is -2.48. The van der Waals surface area contributed by atoms with Crippen LogP contribution in [0.4, 0.5) is 0 Å². The maximum absolute atomic E-state index is 12.8. The molecule has 0 radical (unpaired) electrons. The number of nitrogens with zero attached hydrogens (tertiary/aromatic N) is 5. The van der Waals surface area contributed by atoms with Gasteiger partial charge in [-0.15, -0.1) is 5.10 Å². The zero-order valence-electron chi connectivity index (χ0n) is 13.5. The van der Waals surface area contributed by atoms with Crippen molar-refractivity contribution in [3.8, 4) is 5.69 Å². The number of carboxylic acids is 1. The van der Waals surface area contributed by atoms with E-state index < -0.39 is 5.97 Å². The van der Waals surface area contributed by atoms with Crippen LogP contribution in [0.2, 0.25) is 5.02 Å². The van der Waals surface area contributed by atoms with Gasteiger partial charge in [0.15, 0.2) is 0 Å². The summed E-state index contributed by atoms with van der Waals surface area (Å²) in [6.45, 7) is 1.23. The Morgan fingerprint density at radius 1 is 1.36 bits per heavy atom. The van der Waals surface area contributed by atoms with Crippen LogP contribution in [0.25, 0.3) is 5.69 Å². The molecule has 8 nitrogen and oxygen atoms in total. The van der Waals surface area contributed by atoms with Crippen molar-refractivity contribution in [2.75, 3.05) is 13.1 Å². The Morgan fingerprint density at radius 3 is 2.88 bits per heavy atom. The maximum atomic E-state index is 12.8. The van der Waals surface area contributed by atoms with Crippen molar-refractivity contribution in [3.63, 3.8) is 0 Å². The third kappa shape index (κ3) is 4.14. The van der Waals surface area contributed by atoms with Crippen LogP contribution < -0.4 is 0 Å². The number of hydrogen-bond acceptors (Lipinski definition) is 5. The van der Waals surface area contributed by atoms with Crippen molar-refractivity contribution >= 4 is 23.5 Å². The summed E-state index contributed by atoms with van der Waals surface area (Å²) in [5.41, 5.74) is 1.10. The third-order valence-electron chi connectivity index (χ3n) is 4.37. The smallest absolute Gasteiger partial charge is 0.303 e. The van der Waals surface area contributed by atoms with Gasteiger partial charge in [0.2, 0.25) is 0 Å². The molecule has 1 N–H and O–H groups in total. The molecule has 1 aliphatic heterocycles. The molecule has 1 aromatic carbocycles. The first kappa shape index (κ1) is 17.3. The van der Waals surface area contributed by atoms with Crippen LogP contribution in [-0.2, 0) is 4.79 Å². The third-order valence-corrected chi connectivity index (χ3v) is 4.68. The van der Waals surface area contributed by atoms with Gasteiger partial charge in [0.1, 0.15) is 6.33 Å². The van der Waals surface area contributed by atoms with Gasteiger partial charge in [0.05, 0.1) is 16.3 Å². The number of carbonyl (C=O) groups is 2. The number of aromatic nitrogens is 4. The number of piperidine rings is 1. The lowest BCUT2D eigenvalue weighted by Gasteiger charge is -2.33. The molecular formula is C16H18ClN5O3. The molecule has 1 aromatic heterocycles. The monoisotopic (exact) mass is 363 g/mol. The van der Waals surface area contributed by atoms with E-state index in [0.717, 1.165) is 12.8 Å². The second kappa shape index (κ2) is 7.60. The molecule has 9 heteroatoms. The van der Waals surface area contributed by atoms with Gasteiger partial charge < -0.3 is 10.0 Å². The van der Waals surface area contributed by atoms with Crippen LogP contribution in [-0.4, -0.2) is 55.2 Å². The molecule has 1 fully saturated rings. The summed E-state index contributed by atoms with van der Waals surface area (Å²) in [5, 5.41) is 20.1. The lowest BCUT2D eigenvalue weighted by molar-refractivity contribution is -0.137. The van der Waals surface area contributed by atoms with Gasteiger partial charge in [0.25, 0.3) is 5.91 Å². The summed E-state index contributed by atoms with van der Waals surface area (Å²) in [4.78, 5) is 25.3. The highest BCUT2D eigenvalue weighted by Crippen LogP contribution is 2.26. The van der Waals surface area contributed by atoms with Gasteiger partial charge in [0, 0.05) is 19.5 Å². The standard InChI is InChI=1S/C16H18ClN5O3/c17-14-8-12(22-10-18-19-20-22)4-5-13(14)16(25)21-7-1-2-11(9-21)3-6-15(23)24/h4-5,8,10-11H,1-3,6-7,9H2,(H,23,24)/t11-/m0/s1. The van der Waals surface area contributed by atoms with Crippen LogP contribution >= 0.6 is 11.6 Å². The average Bonchev–Trinajstić information content (AvgIpc) is 3.14. The minimum absolute atomic E-state index is 0.131. The van der Waals surface area contributed by atoms with Crippen LogP contribution in [0.15, 0.2) is 24.5 Å². The highest BCUT2D eigenvalue weighted by molar-refractivity contribution is 6.34. The fourth-order valence-electron chi connectivity index (χ4n) is 3.08. The molecule has 1 aliphatic rings. The molecule has 0 saturated carbocycles. The number of amides is 1. The average molecular weight is 364 g/mol. The largest absolute Gasteiger partial charge is 0.481 e. The second-order valence-electron chi connectivity index (χ2n) is 6.11. The quantitative estimate of drug-likeness (QED) is 0.872. The minimum atomic E-state index is -0.801. The topological polar surface area (TPSA) is 101 Å². The number of halogens is 1. The van der Waals surface area contributed by atoms with Crippen molar-refractivity contribution in [2.45, 2.75) is 25.7 Å². The number of rotatable bonds is 5. The lowest BCUT2D eigenvalue weighted by Crippen LogP contribution is -2.40. The molecule has 2 aromatic rings. The molecule has 1 amide bonds. The summed E-state index contributed by atoms with van der Waals surface area (Å²) in [6.07, 6.45) is 3.99. The second-order valence-corrected chi connectivity index (χ2v) is 6.52. The first-order chi connectivity index (χ1) is 12.0. The molecule has 1 saturated heterocycles. The van der Waals surface area contributed by atoms with Gasteiger partial charge in [-0.1, -0.05) is 11.6 Å². The maximum Gasteiger partial charge on any atom is 0.303 e. The molecule has 0 spiro atoms. The molecule has 0 bridgehead atoms. The zero-order chi connectivity index (χ0) is 17.8. The van der Waals surface area contributed by atoms with E-state index in [-0.39, 0.29) is 18.2 Å². The predicted molar refractivity (Wildman–Crippen MR) is 89.7 cm³/mol. The Morgan fingerprint density at radius 2 is 2.20 bits per heavy atom. The Kier molecular flexibility index (Phi) is 5.28. The highest BCUT2D eigenvalue weighted by atomic mass is 35.5. The predicted octanol–water partition coefficient (Wildman–Crippen LogP) is 2.03. The highest BCUT2D eigenvalue weighted by Gasteiger charge is 2.26. The Balaban J connectivity index is 1.71. The number of hydrogen-bond donors (Lipinski definition) is 1. The van der Waals surface area contributed by atoms with E-state index in [2.05, 4.69) is 15.5 Å².